The zero-order chi connectivity index (χ0) is 20.9. The van der Waals surface area contributed by atoms with Crippen molar-refractivity contribution in [1.29, 1.82) is 0 Å². The lowest BCUT2D eigenvalue weighted by Crippen LogP contribution is -2.43. The van der Waals surface area contributed by atoms with Gasteiger partial charge in [-0.2, -0.15) is 0 Å². The molecule has 1 aromatic heterocycles. The van der Waals surface area contributed by atoms with Crippen LogP contribution in [0.15, 0.2) is 30.3 Å². The number of ether oxygens (including phenoxy) is 2. The summed E-state index contributed by atoms with van der Waals surface area (Å²) in [6, 6.07) is 10.4. The Bertz CT molecular complexity index is 843. The SMILES string of the molecule is CC[C@H]1CCc2sc(C(=O)NC[C@H](c3ccc(OC)cc3)N3CCOCC3)cc2C1. The molecule has 0 bridgehead atoms. The molecule has 1 aliphatic heterocycles. The number of methoxy groups -OCH3 is 1. The summed E-state index contributed by atoms with van der Waals surface area (Å²) in [5.41, 5.74) is 2.58. The minimum absolute atomic E-state index is 0.0502. The zero-order valence-corrected chi connectivity index (χ0v) is 18.8. The van der Waals surface area contributed by atoms with Crippen LogP contribution < -0.4 is 10.1 Å². The van der Waals surface area contributed by atoms with Crippen LogP contribution in [0.25, 0.3) is 0 Å². The summed E-state index contributed by atoms with van der Waals surface area (Å²) in [5.74, 6) is 1.66. The Kier molecular flexibility index (Phi) is 7.08. The van der Waals surface area contributed by atoms with Crippen molar-refractivity contribution in [2.45, 2.75) is 38.6 Å². The summed E-state index contributed by atoms with van der Waals surface area (Å²) in [4.78, 5) is 17.6. The Hall–Kier alpha value is -1.89. The molecule has 5 nitrogen and oxygen atoms in total. The van der Waals surface area contributed by atoms with Crippen LogP contribution in [0.2, 0.25) is 0 Å². The first-order valence-corrected chi connectivity index (χ1v) is 11.8. The van der Waals surface area contributed by atoms with E-state index in [2.05, 4.69) is 35.3 Å². The van der Waals surface area contributed by atoms with Gasteiger partial charge >= 0.3 is 0 Å². The predicted molar refractivity (Wildman–Crippen MR) is 121 cm³/mol. The average Bonchev–Trinajstić information content (AvgIpc) is 3.23. The predicted octanol–water partition coefficient (Wildman–Crippen LogP) is 4.07. The van der Waals surface area contributed by atoms with E-state index in [9.17, 15) is 4.79 Å². The number of hydrogen-bond donors (Lipinski definition) is 1. The van der Waals surface area contributed by atoms with E-state index in [-0.39, 0.29) is 11.9 Å². The van der Waals surface area contributed by atoms with Crippen LogP contribution in [-0.4, -0.2) is 50.8 Å². The van der Waals surface area contributed by atoms with E-state index in [0.29, 0.717) is 6.54 Å². The molecule has 162 valence electrons. The maximum absolute atomic E-state index is 13.0. The van der Waals surface area contributed by atoms with Crippen molar-refractivity contribution in [3.8, 4) is 5.75 Å². The number of fused-ring (bicyclic) bond motifs is 1. The number of nitrogens with zero attached hydrogens (tertiary/aromatic N) is 1. The quantitative estimate of drug-likeness (QED) is 0.722. The molecule has 1 fully saturated rings. The highest BCUT2D eigenvalue weighted by Crippen LogP contribution is 2.33. The van der Waals surface area contributed by atoms with Gasteiger partial charge in [-0.15, -0.1) is 11.3 Å². The third kappa shape index (κ3) is 4.88. The Morgan fingerprint density at radius 1 is 1.30 bits per heavy atom. The van der Waals surface area contributed by atoms with Crippen LogP contribution in [-0.2, 0) is 17.6 Å². The zero-order valence-electron chi connectivity index (χ0n) is 18.0. The number of hydrogen-bond acceptors (Lipinski definition) is 5. The van der Waals surface area contributed by atoms with E-state index < -0.39 is 0 Å². The molecule has 1 aromatic carbocycles. The number of carbonyl (C=O) groups excluding carboxylic acids is 1. The second-order valence-corrected chi connectivity index (χ2v) is 9.36. The number of aryl methyl sites for hydroxylation is 1. The molecule has 0 unspecified atom stereocenters. The van der Waals surface area contributed by atoms with Gasteiger partial charge in [-0.3, -0.25) is 9.69 Å². The summed E-state index contributed by atoms with van der Waals surface area (Å²) in [6.45, 7) is 6.07. The molecule has 1 N–H and O–H groups in total. The van der Waals surface area contributed by atoms with Crippen molar-refractivity contribution in [3.05, 3.63) is 51.2 Å². The number of amides is 1. The van der Waals surface area contributed by atoms with Gasteiger partial charge in [0.15, 0.2) is 0 Å². The number of rotatable bonds is 7. The van der Waals surface area contributed by atoms with Gasteiger partial charge in [-0.1, -0.05) is 25.5 Å². The van der Waals surface area contributed by atoms with Gasteiger partial charge in [0.05, 0.1) is 31.2 Å². The highest BCUT2D eigenvalue weighted by Gasteiger charge is 2.25. The summed E-state index contributed by atoms with van der Waals surface area (Å²) in [7, 11) is 1.68. The molecule has 6 heteroatoms. The smallest absolute Gasteiger partial charge is 0.261 e. The molecule has 4 rings (SSSR count). The Morgan fingerprint density at radius 2 is 2.07 bits per heavy atom. The third-order valence-electron chi connectivity index (χ3n) is 6.43. The monoisotopic (exact) mass is 428 g/mol. The normalized spacial score (nSPS) is 20.4. The highest BCUT2D eigenvalue weighted by molar-refractivity contribution is 7.14. The van der Waals surface area contributed by atoms with Gasteiger partial charge in [0.2, 0.25) is 0 Å². The Labute approximate surface area is 183 Å². The molecule has 30 heavy (non-hydrogen) atoms. The number of carbonyl (C=O) groups is 1. The number of nitrogens with one attached hydrogen (secondary N) is 1. The molecule has 1 saturated heterocycles. The second kappa shape index (κ2) is 9.94. The molecule has 2 aromatic rings. The van der Waals surface area contributed by atoms with E-state index in [1.54, 1.807) is 18.4 Å². The van der Waals surface area contributed by atoms with Crippen molar-refractivity contribution in [2.24, 2.45) is 5.92 Å². The largest absolute Gasteiger partial charge is 0.497 e. The number of benzene rings is 1. The average molecular weight is 429 g/mol. The molecular weight excluding hydrogens is 396 g/mol. The lowest BCUT2D eigenvalue weighted by atomic mass is 9.87. The molecular formula is C24H32N2O3S. The maximum Gasteiger partial charge on any atom is 0.261 e. The maximum atomic E-state index is 13.0. The van der Waals surface area contributed by atoms with Crippen LogP contribution in [0.4, 0.5) is 0 Å². The molecule has 1 amide bonds. The van der Waals surface area contributed by atoms with Crippen molar-refractivity contribution >= 4 is 17.2 Å². The first kappa shape index (κ1) is 21.3. The highest BCUT2D eigenvalue weighted by atomic mass is 32.1. The van der Waals surface area contributed by atoms with E-state index in [1.807, 2.05) is 12.1 Å². The fraction of sp³-hybridized carbons (Fsp3) is 0.542. The van der Waals surface area contributed by atoms with Crippen LogP contribution in [0.1, 0.15) is 51.5 Å². The van der Waals surface area contributed by atoms with E-state index in [0.717, 1.165) is 55.7 Å². The molecule has 0 spiro atoms. The van der Waals surface area contributed by atoms with Gasteiger partial charge in [0.25, 0.3) is 5.91 Å². The van der Waals surface area contributed by atoms with Crippen LogP contribution in [0, 0.1) is 5.92 Å². The first-order chi connectivity index (χ1) is 14.7. The molecule has 2 heterocycles. The van der Waals surface area contributed by atoms with Crippen molar-refractivity contribution < 1.29 is 14.3 Å². The lowest BCUT2D eigenvalue weighted by molar-refractivity contribution is 0.0162. The Morgan fingerprint density at radius 3 is 2.77 bits per heavy atom. The minimum atomic E-state index is 0.0502. The molecule has 0 saturated carbocycles. The van der Waals surface area contributed by atoms with Crippen LogP contribution >= 0.6 is 11.3 Å². The summed E-state index contributed by atoms with van der Waals surface area (Å²) < 4.78 is 10.8. The topological polar surface area (TPSA) is 50.8 Å². The summed E-state index contributed by atoms with van der Waals surface area (Å²) >= 11 is 1.68. The van der Waals surface area contributed by atoms with Crippen molar-refractivity contribution in [3.63, 3.8) is 0 Å². The molecule has 2 atom stereocenters. The number of thiophene rings is 1. The van der Waals surface area contributed by atoms with Crippen molar-refractivity contribution in [1.82, 2.24) is 10.2 Å². The van der Waals surface area contributed by atoms with E-state index >= 15 is 0 Å². The van der Waals surface area contributed by atoms with Gasteiger partial charge < -0.3 is 14.8 Å². The van der Waals surface area contributed by atoms with E-state index in [1.165, 1.54) is 28.8 Å². The lowest BCUT2D eigenvalue weighted by Gasteiger charge is -2.35. The van der Waals surface area contributed by atoms with Gasteiger partial charge in [-0.05, 0) is 54.5 Å². The van der Waals surface area contributed by atoms with Gasteiger partial charge in [-0.25, -0.2) is 0 Å². The molecule has 1 aliphatic carbocycles. The Balaban J connectivity index is 1.45. The minimum Gasteiger partial charge on any atom is -0.497 e. The summed E-state index contributed by atoms with van der Waals surface area (Å²) in [5, 5.41) is 3.22. The first-order valence-electron chi connectivity index (χ1n) is 11.0. The van der Waals surface area contributed by atoms with Gasteiger partial charge in [0.1, 0.15) is 5.75 Å². The van der Waals surface area contributed by atoms with E-state index in [4.69, 9.17) is 9.47 Å². The standard InChI is InChI=1S/C24H32N2O3S/c1-3-17-4-9-22-19(14-17)15-23(30-22)24(27)25-16-21(26-10-12-29-13-11-26)18-5-7-20(28-2)8-6-18/h5-8,15,17,21H,3-4,9-14,16H2,1-2H3,(H,25,27)/t17-,21+/m0/s1. The van der Waals surface area contributed by atoms with Crippen molar-refractivity contribution in [2.75, 3.05) is 40.0 Å². The molecule has 2 aliphatic rings. The van der Waals surface area contributed by atoms with Crippen LogP contribution in [0.5, 0.6) is 5.75 Å². The second-order valence-electron chi connectivity index (χ2n) is 8.22. The fourth-order valence-corrected chi connectivity index (χ4v) is 5.63. The van der Waals surface area contributed by atoms with Gasteiger partial charge in [0, 0.05) is 24.5 Å². The fourth-order valence-electron chi connectivity index (χ4n) is 4.51. The molecule has 0 radical (unpaired) electrons. The van der Waals surface area contributed by atoms with Crippen LogP contribution in [0.3, 0.4) is 0 Å². The number of morpholine rings is 1. The summed E-state index contributed by atoms with van der Waals surface area (Å²) in [6.07, 6.45) is 4.72. The third-order valence-corrected chi connectivity index (χ3v) is 7.66.